The number of esters is 1. The first kappa shape index (κ1) is 26.8. The zero-order valence-electron chi connectivity index (χ0n) is 21.0. The van der Waals surface area contributed by atoms with E-state index >= 15 is 0 Å². The third-order valence-corrected chi connectivity index (χ3v) is 5.54. The third-order valence-electron chi connectivity index (χ3n) is 5.54. The van der Waals surface area contributed by atoms with Crippen LogP contribution in [0.4, 0.5) is 0 Å². The van der Waals surface area contributed by atoms with Gasteiger partial charge in [-0.1, -0.05) is 0 Å². The van der Waals surface area contributed by atoms with Gasteiger partial charge in [0.2, 0.25) is 0 Å². The molecule has 1 aliphatic carbocycles. The summed E-state index contributed by atoms with van der Waals surface area (Å²) in [5.74, 6) is -0.734. The van der Waals surface area contributed by atoms with Crippen LogP contribution in [0.3, 0.4) is 0 Å². The largest absolute Gasteiger partial charge is 0.476 e. The van der Waals surface area contributed by atoms with Crippen LogP contribution >= 0.6 is 0 Å². The number of carboxylic acid groups (broad SMARTS) is 1. The highest BCUT2D eigenvalue weighted by molar-refractivity contribution is 5.96. The molecule has 0 aliphatic heterocycles. The molecule has 0 aromatic carbocycles. The monoisotopic (exact) mass is 531 g/mol. The number of carboxylic acids is 1. The first-order valence-corrected chi connectivity index (χ1v) is 12.0. The molecule has 5 rings (SSSR count). The Morgan fingerprint density at radius 1 is 0.872 bits per heavy atom. The van der Waals surface area contributed by atoms with E-state index in [0.29, 0.717) is 42.4 Å². The van der Waals surface area contributed by atoms with Crippen LogP contribution in [0.2, 0.25) is 0 Å². The van der Waals surface area contributed by atoms with Crippen molar-refractivity contribution in [1.29, 1.82) is 0 Å². The van der Waals surface area contributed by atoms with Gasteiger partial charge in [-0.15, -0.1) is 20.4 Å². The quantitative estimate of drug-likeness (QED) is 0.334. The van der Waals surface area contributed by atoms with Gasteiger partial charge in [0.1, 0.15) is 12.7 Å². The number of hydrogen-bond donors (Lipinski definition) is 2. The molecule has 0 radical (unpaired) electrons. The van der Waals surface area contributed by atoms with Gasteiger partial charge in [0.25, 0.3) is 5.91 Å². The Morgan fingerprint density at radius 2 is 1.46 bits per heavy atom. The van der Waals surface area contributed by atoms with Crippen LogP contribution in [0.15, 0.2) is 73.0 Å². The van der Waals surface area contributed by atoms with E-state index in [1.807, 2.05) is 0 Å². The number of nitrogens with one attached hydrogen (secondary N) is 1. The summed E-state index contributed by atoms with van der Waals surface area (Å²) in [5, 5.41) is 26.6. The molecule has 0 saturated heterocycles. The van der Waals surface area contributed by atoms with Crippen LogP contribution < -0.4 is 5.32 Å². The Kier molecular flexibility index (Phi) is 8.79. The van der Waals surface area contributed by atoms with Crippen molar-refractivity contribution in [3.05, 3.63) is 84.4 Å². The summed E-state index contributed by atoms with van der Waals surface area (Å²) < 4.78 is 8.40. The van der Waals surface area contributed by atoms with Crippen molar-refractivity contribution in [2.45, 2.75) is 32.6 Å². The first-order valence-electron chi connectivity index (χ1n) is 12.0. The van der Waals surface area contributed by atoms with Crippen LogP contribution in [0.5, 0.6) is 0 Å². The highest BCUT2D eigenvalue weighted by Gasteiger charge is 2.22. The predicted octanol–water partition coefficient (Wildman–Crippen LogP) is 2.14. The molecule has 0 fully saturated rings. The maximum absolute atomic E-state index is 12.4. The van der Waals surface area contributed by atoms with Gasteiger partial charge in [-0.05, 0) is 56.9 Å². The fourth-order valence-corrected chi connectivity index (χ4v) is 3.64. The average Bonchev–Trinajstić information content (AvgIpc) is 3.69. The van der Waals surface area contributed by atoms with Crippen LogP contribution in [0.25, 0.3) is 11.6 Å². The molecule has 1 amide bonds. The van der Waals surface area contributed by atoms with Crippen LogP contribution in [0.1, 0.15) is 53.6 Å². The number of hydrogen-bond acceptors (Lipinski definition) is 10. The number of rotatable bonds is 7. The van der Waals surface area contributed by atoms with E-state index in [0.717, 1.165) is 12.8 Å². The lowest BCUT2D eigenvalue weighted by molar-refractivity contribution is -0.138. The molecule has 4 aromatic heterocycles. The Morgan fingerprint density at radius 3 is 1.95 bits per heavy atom. The molecular formula is C25H25N9O5. The highest BCUT2D eigenvalue weighted by atomic mass is 16.5. The van der Waals surface area contributed by atoms with E-state index in [1.165, 1.54) is 6.07 Å². The number of aromatic carboxylic acids is 1. The SMILES string of the molecule is CCOC(=O)C1=C(NC(=O)c2ccc(-n3ccnc3)nn2)CCCC1.O=C(O)c1ccc(-n2ccnc2)nn1. The molecule has 14 heteroatoms. The molecule has 0 saturated carbocycles. The van der Waals surface area contributed by atoms with Crippen molar-refractivity contribution >= 4 is 17.8 Å². The fraction of sp³-hybridized carbons (Fsp3) is 0.240. The van der Waals surface area contributed by atoms with Gasteiger partial charge < -0.3 is 15.2 Å². The maximum atomic E-state index is 12.4. The van der Waals surface area contributed by atoms with E-state index in [9.17, 15) is 14.4 Å². The first-order chi connectivity index (χ1) is 19.0. The fourth-order valence-electron chi connectivity index (χ4n) is 3.64. The van der Waals surface area contributed by atoms with Crippen molar-refractivity contribution in [1.82, 2.24) is 44.8 Å². The number of nitrogens with zero attached hydrogens (tertiary/aromatic N) is 8. The molecule has 0 bridgehead atoms. The van der Waals surface area contributed by atoms with Crippen LogP contribution in [-0.2, 0) is 9.53 Å². The number of ether oxygens (including phenoxy) is 1. The van der Waals surface area contributed by atoms with Crippen molar-refractivity contribution < 1.29 is 24.2 Å². The molecule has 4 aromatic rings. The molecule has 0 unspecified atom stereocenters. The van der Waals surface area contributed by atoms with E-state index in [2.05, 4.69) is 35.7 Å². The lowest BCUT2D eigenvalue weighted by atomic mass is 9.96. The van der Waals surface area contributed by atoms with Crippen molar-refractivity contribution in [2.24, 2.45) is 0 Å². The summed E-state index contributed by atoms with van der Waals surface area (Å²) in [6.45, 7) is 2.07. The predicted molar refractivity (Wildman–Crippen MR) is 135 cm³/mol. The Bertz CT molecular complexity index is 1430. The lowest BCUT2D eigenvalue weighted by Gasteiger charge is -2.19. The van der Waals surface area contributed by atoms with Crippen molar-refractivity contribution in [3.63, 3.8) is 0 Å². The van der Waals surface area contributed by atoms with Gasteiger partial charge >= 0.3 is 11.9 Å². The molecule has 39 heavy (non-hydrogen) atoms. The van der Waals surface area contributed by atoms with E-state index < -0.39 is 5.97 Å². The van der Waals surface area contributed by atoms with Crippen molar-refractivity contribution in [3.8, 4) is 11.6 Å². The minimum atomic E-state index is -1.09. The Balaban J connectivity index is 0.000000212. The molecule has 0 atom stereocenters. The zero-order valence-corrected chi connectivity index (χ0v) is 21.0. The maximum Gasteiger partial charge on any atom is 0.356 e. The molecule has 0 spiro atoms. The lowest BCUT2D eigenvalue weighted by Crippen LogP contribution is -2.28. The molecule has 200 valence electrons. The van der Waals surface area contributed by atoms with Crippen molar-refractivity contribution in [2.75, 3.05) is 6.61 Å². The standard InChI is InChI=1S/C17H19N5O3.C8H6N4O2/c1-2-25-17(24)12-5-3-4-6-13(12)19-16(23)14-7-8-15(21-20-14)22-10-9-18-11-22;13-8(14)6-1-2-7(11-10-6)12-4-3-9-5-12/h7-11H,2-6H2,1H3,(H,19,23);1-5H,(H,13,14). The van der Waals surface area contributed by atoms with E-state index in [1.54, 1.807) is 71.7 Å². The molecule has 4 heterocycles. The summed E-state index contributed by atoms with van der Waals surface area (Å²) in [7, 11) is 0. The molecule has 2 N–H and O–H groups in total. The minimum Gasteiger partial charge on any atom is -0.476 e. The highest BCUT2D eigenvalue weighted by Crippen LogP contribution is 2.24. The number of imidazole rings is 2. The van der Waals surface area contributed by atoms with Crippen LogP contribution in [0, 0.1) is 0 Å². The van der Waals surface area contributed by atoms with Gasteiger partial charge in [0.05, 0.1) is 12.2 Å². The summed E-state index contributed by atoms with van der Waals surface area (Å²) >= 11 is 0. The number of carbonyl (C=O) groups excluding carboxylic acids is 2. The van der Waals surface area contributed by atoms with Gasteiger partial charge in [-0.25, -0.2) is 19.6 Å². The topological polar surface area (TPSA) is 180 Å². The second-order valence-corrected chi connectivity index (χ2v) is 8.14. The summed E-state index contributed by atoms with van der Waals surface area (Å²) in [5.41, 5.74) is 1.28. The van der Waals surface area contributed by atoms with Gasteiger partial charge in [0, 0.05) is 30.5 Å². The Hall–Kier alpha value is -5.27. The number of allylic oxidation sites excluding steroid dienone is 1. The average molecular weight is 532 g/mol. The summed E-state index contributed by atoms with van der Waals surface area (Å²) in [6, 6.07) is 6.24. The van der Waals surface area contributed by atoms with E-state index in [-0.39, 0.29) is 23.3 Å². The second-order valence-electron chi connectivity index (χ2n) is 8.14. The normalized spacial score (nSPS) is 12.7. The Labute approximate surface area is 222 Å². The second kappa shape index (κ2) is 12.8. The third kappa shape index (κ3) is 6.94. The molecular weight excluding hydrogens is 506 g/mol. The summed E-state index contributed by atoms with van der Waals surface area (Å²) in [6.07, 6.45) is 12.9. The smallest absolute Gasteiger partial charge is 0.356 e. The number of amides is 1. The van der Waals surface area contributed by atoms with E-state index in [4.69, 9.17) is 9.84 Å². The number of aromatic nitrogens is 8. The molecule has 1 aliphatic rings. The van der Waals surface area contributed by atoms with Gasteiger partial charge in [0.15, 0.2) is 23.0 Å². The van der Waals surface area contributed by atoms with Gasteiger partial charge in [-0.2, -0.15) is 0 Å². The van der Waals surface area contributed by atoms with Crippen LogP contribution in [-0.4, -0.2) is 69.1 Å². The molecule has 14 nitrogen and oxygen atoms in total. The minimum absolute atomic E-state index is 0.0751. The van der Waals surface area contributed by atoms with Gasteiger partial charge in [-0.3, -0.25) is 13.9 Å². The summed E-state index contributed by atoms with van der Waals surface area (Å²) in [4.78, 5) is 42.7. The number of carbonyl (C=O) groups is 3. The zero-order chi connectivity index (χ0) is 27.6.